The van der Waals surface area contributed by atoms with Crippen molar-refractivity contribution in [2.45, 2.75) is 13.8 Å². The summed E-state index contributed by atoms with van der Waals surface area (Å²) in [7, 11) is -2.20. The van der Waals surface area contributed by atoms with Crippen molar-refractivity contribution in [2.24, 2.45) is 0 Å². The molecule has 0 bridgehead atoms. The second kappa shape index (κ2) is 8.88. The fraction of sp³-hybridized carbons (Fsp3) is 0.300. The van der Waals surface area contributed by atoms with Crippen LogP contribution >= 0.6 is 0 Å². The Labute approximate surface area is 166 Å². The lowest BCUT2D eigenvalue weighted by Crippen LogP contribution is -2.43. The molecule has 0 saturated carbocycles. The van der Waals surface area contributed by atoms with Crippen LogP contribution in [0.15, 0.2) is 48.5 Å². The minimum atomic E-state index is -3.66. The number of carbonyl (C=O) groups is 2. The van der Waals surface area contributed by atoms with E-state index in [0.717, 1.165) is 21.7 Å². The SMILES string of the molecule is Cc1ccc(NC(=O)CN(C)C(=O)CN(c2ccccc2C)S(C)(=O)=O)cc1. The minimum Gasteiger partial charge on any atom is -0.335 e. The highest BCUT2D eigenvalue weighted by Gasteiger charge is 2.24. The second-order valence-corrected chi connectivity index (χ2v) is 8.63. The van der Waals surface area contributed by atoms with Gasteiger partial charge in [0, 0.05) is 12.7 Å². The molecule has 0 aromatic heterocycles. The Hall–Kier alpha value is -2.87. The number of benzene rings is 2. The molecule has 28 heavy (non-hydrogen) atoms. The van der Waals surface area contributed by atoms with Gasteiger partial charge in [-0.25, -0.2) is 8.42 Å². The molecule has 0 atom stereocenters. The van der Waals surface area contributed by atoms with Crippen LogP contribution in [0.5, 0.6) is 0 Å². The first-order valence-electron chi connectivity index (χ1n) is 8.72. The number of aryl methyl sites for hydroxylation is 2. The Morgan fingerprint density at radius 3 is 2.14 bits per heavy atom. The number of sulfonamides is 1. The normalized spacial score (nSPS) is 11.0. The van der Waals surface area contributed by atoms with E-state index in [1.807, 2.05) is 19.1 Å². The third-order valence-corrected chi connectivity index (χ3v) is 5.33. The number of carbonyl (C=O) groups excluding carboxylic acids is 2. The predicted octanol–water partition coefficient (Wildman–Crippen LogP) is 2.17. The van der Waals surface area contributed by atoms with Gasteiger partial charge in [0.15, 0.2) is 0 Å². The molecule has 2 aromatic rings. The van der Waals surface area contributed by atoms with Crippen LogP contribution in [0.3, 0.4) is 0 Å². The van der Waals surface area contributed by atoms with Crippen LogP contribution in [-0.2, 0) is 19.6 Å². The summed E-state index contributed by atoms with van der Waals surface area (Å²) in [6.45, 7) is 3.16. The van der Waals surface area contributed by atoms with Gasteiger partial charge in [0.2, 0.25) is 21.8 Å². The quantitative estimate of drug-likeness (QED) is 0.768. The highest BCUT2D eigenvalue weighted by molar-refractivity contribution is 7.92. The van der Waals surface area contributed by atoms with Gasteiger partial charge in [-0.15, -0.1) is 0 Å². The molecule has 150 valence electrons. The van der Waals surface area contributed by atoms with Crippen LogP contribution in [0.4, 0.5) is 11.4 Å². The first-order valence-corrected chi connectivity index (χ1v) is 10.6. The molecule has 0 spiro atoms. The van der Waals surface area contributed by atoms with Gasteiger partial charge in [0.05, 0.1) is 18.5 Å². The highest BCUT2D eigenvalue weighted by atomic mass is 32.2. The standard InChI is InChI=1S/C20H25N3O4S/c1-15-9-11-17(12-10-15)21-19(24)13-22(3)20(25)14-23(28(4,26)27)18-8-6-5-7-16(18)2/h5-12H,13-14H2,1-4H3,(H,21,24). The lowest BCUT2D eigenvalue weighted by atomic mass is 10.2. The molecule has 2 rings (SSSR count). The molecule has 0 radical (unpaired) electrons. The van der Waals surface area contributed by atoms with Crippen molar-refractivity contribution in [3.63, 3.8) is 0 Å². The van der Waals surface area contributed by atoms with Gasteiger partial charge in [-0.1, -0.05) is 35.9 Å². The van der Waals surface area contributed by atoms with Crippen molar-refractivity contribution < 1.29 is 18.0 Å². The van der Waals surface area contributed by atoms with Gasteiger partial charge in [-0.05, 0) is 37.6 Å². The summed E-state index contributed by atoms with van der Waals surface area (Å²) < 4.78 is 25.5. The van der Waals surface area contributed by atoms with E-state index in [2.05, 4.69) is 5.32 Å². The van der Waals surface area contributed by atoms with Gasteiger partial charge < -0.3 is 10.2 Å². The number of nitrogens with zero attached hydrogens (tertiary/aromatic N) is 2. The molecule has 0 aliphatic heterocycles. The van der Waals surface area contributed by atoms with Crippen LogP contribution in [0.25, 0.3) is 0 Å². The zero-order valence-electron chi connectivity index (χ0n) is 16.5. The molecule has 0 aliphatic rings. The Morgan fingerprint density at radius 2 is 1.57 bits per heavy atom. The Bertz CT molecular complexity index is 956. The molecule has 2 amide bonds. The topological polar surface area (TPSA) is 86.8 Å². The van der Waals surface area contributed by atoms with E-state index < -0.39 is 15.9 Å². The molecular weight excluding hydrogens is 378 g/mol. The summed E-state index contributed by atoms with van der Waals surface area (Å²) in [5.41, 5.74) is 2.88. The minimum absolute atomic E-state index is 0.182. The smallest absolute Gasteiger partial charge is 0.243 e. The number of hydrogen-bond acceptors (Lipinski definition) is 4. The van der Waals surface area contributed by atoms with Crippen molar-refractivity contribution in [1.82, 2.24) is 4.90 Å². The van der Waals surface area contributed by atoms with E-state index in [1.165, 1.54) is 11.9 Å². The van der Waals surface area contributed by atoms with E-state index in [0.29, 0.717) is 11.4 Å². The van der Waals surface area contributed by atoms with Crippen LogP contribution in [0.2, 0.25) is 0 Å². The predicted molar refractivity (Wildman–Crippen MR) is 111 cm³/mol. The number of para-hydroxylation sites is 1. The third-order valence-electron chi connectivity index (χ3n) is 4.21. The Balaban J connectivity index is 2.05. The number of nitrogens with one attached hydrogen (secondary N) is 1. The maximum Gasteiger partial charge on any atom is 0.243 e. The van der Waals surface area contributed by atoms with E-state index in [-0.39, 0.29) is 19.0 Å². The van der Waals surface area contributed by atoms with Crippen molar-refractivity contribution >= 4 is 33.2 Å². The van der Waals surface area contributed by atoms with Gasteiger partial charge in [0.1, 0.15) is 6.54 Å². The maximum absolute atomic E-state index is 12.6. The fourth-order valence-corrected chi connectivity index (χ4v) is 3.52. The average Bonchev–Trinajstić information content (AvgIpc) is 2.61. The maximum atomic E-state index is 12.6. The molecule has 7 nitrogen and oxygen atoms in total. The van der Waals surface area contributed by atoms with Gasteiger partial charge >= 0.3 is 0 Å². The highest BCUT2D eigenvalue weighted by Crippen LogP contribution is 2.22. The number of rotatable bonds is 7. The van der Waals surface area contributed by atoms with Gasteiger partial charge in [-0.3, -0.25) is 13.9 Å². The van der Waals surface area contributed by atoms with Crippen LogP contribution in [-0.4, -0.2) is 51.5 Å². The van der Waals surface area contributed by atoms with Crippen molar-refractivity contribution in [3.8, 4) is 0 Å². The fourth-order valence-electron chi connectivity index (χ4n) is 2.61. The van der Waals surface area contributed by atoms with E-state index in [9.17, 15) is 18.0 Å². The lowest BCUT2D eigenvalue weighted by Gasteiger charge is -2.26. The molecule has 0 unspecified atom stereocenters. The zero-order chi connectivity index (χ0) is 20.9. The van der Waals surface area contributed by atoms with Gasteiger partial charge in [-0.2, -0.15) is 0 Å². The third kappa shape index (κ3) is 5.82. The molecular formula is C20H25N3O4S. The van der Waals surface area contributed by atoms with Gasteiger partial charge in [0.25, 0.3) is 0 Å². The first-order chi connectivity index (χ1) is 13.1. The molecule has 0 fully saturated rings. The molecule has 0 heterocycles. The van der Waals surface area contributed by atoms with Crippen LogP contribution in [0, 0.1) is 13.8 Å². The van der Waals surface area contributed by atoms with Crippen molar-refractivity contribution in [1.29, 1.82) is 0 Å². The van der Waals surface area contributed by atoms with E-state index in [4.69, 9.17) is 0 Å². The van der Waals surface area contributed by atoms with Crippen LogP contribution < -0.4 is 9.62 Å². The number of anilines is 2. The van der Waals surface area contributed by atoms with E-state index >= 15 is 0 Å². The Kier molecular flexibility index (Phi) is 6.80. The monoisotopic (exact) mass is 403 g/mol. The van der Waals surface area contributed by atoms with E-state index in [1.54, 1.807) is 43.3 Å². The molecule has 0 saturated heterocycles. The summed E-state index contributed by atoms with van der Waals surface area (Å²) in [6, 6.07) is 14.2. The van der Waals surface area contributed by atoms with Crippen molar-refractivity contribution in [3.05, 3.63) is 59.7 Å². The van der Waals surface area contributed by atoms with Crippen molar-refractivity contribution in [2.75, 3.05) is 36.0 Å². The molecule has 1 N–H and O–H groups in total. The summed E-state index contributed by atoms with van der Waals surface area (Å²) >= 11 is 0. The summed E-state index contributed by atoms with van der Waals surface area (Å²) in [6.07, 6.45) is 1.05. The largest absolute Gasteiger partial charge is 0.335 e. The first kappa shape index (κ1) is 21.4. The summed E-state index contributed by atoms with van der Waals surface area (Å²) in [5, 5.41) is 2.71. The number of amides is 2. The number of likely N-dealkylation sites (N-methyl/N-ethyl adjacent to an activating group) is 1. The summed E-state index contributed by atoms with van der Waals surface area (Å²) in [4.78, 5) is 25.9. The zero-order valence-corrected chi connectivity index (χ0v) is 17.3. The lowest BCUT2D eigenvalue weighted by molar-refractivity contribution is -0.131. The second-order valence-electron chi connectivity index (χ2n) is 6.72. The Morgan fingerprint density at radius 1 is 0.964 bits per heavy atom. The molecule has 0 aliphatic carbocycles. The summed E-state index contributed by atoms with van der Waals surface area (Å²) in [5.74, 6) is -0.839. The number of hydrogen-bond donors (Lipinski definition) is 1. The average molecular weight is 404 g/mol. The molecule has 2 aromatic carbocycles. The molecule has 8 heteroatoms. The van der Waals surface area contributed by atoms with Crippen LogP contribution in [0.1, 0.15) is 11.1 Å².